The van der Waals surface area contributed by atoms with Crippen molar-refractivity contribution in [1.29, 1.82) is 0 Å². The van der Waals surface area contributed by atoms with Crippen LogP contribution in [-0.2, 0) is 9.53 Å². The topological polar surface area (TPSA) is 49.9 Å². The van der Waals surface area contributed by atoms with Crippen molar-refractivity contribution in [3.63, 3.8) is 0 Å². The molecule has 2 unspecified atom stereocenters. The summed E-state index contributed by atoms with van der Waals surface area (Å²) >= 11 is 0. The third kappa shape index (κ3) is 2.00. The summed E-state index contributed by atoms with van der Waals surface area (Å²) in [7, 11) is 0. The fraction of sp³-hybridized carbons (Fsp3) is 0.846. The van der Waals surface area contributed by atoms with E-state index in [-0.39, 0.29) is 23.9 Å². The molecule has 102 valence electrons. The number of nitrogens with zero attached hydrogens (tertiary/aromatic N) is 2. The first-order chi connectivity index (χ1) is 8.38. The fourth-order valence-corrected chi connectivity index (χ4v) is 2.74. The van der Waals surface area contributed by atoms with Gasteiger partial charge in [-0.15, -0.1) is 0 Å². The Balaban J connectivity index is 2.33. The number of hydrogen-bond acceptors (Lipinski definition) is 3. The number of carbonyl (C=O) groups excluding carboxylic acids is 2. The monoisotopic (exact) mass is 254 g/mol. The van der Waals surface area contributed by atoms with Crippen molar-refractivity contribution in [2.45, 2.75) is 45.7 Å². The van der Waals surface area contributed by atoms with Crippen LogP contribution in [0.2, 0.25) is 0 Å². The molecular weight excluding hydrogens is 232 g/mol. The maximum atomic E-state index is 12.5. The van der Waals surface area contributed by atoms with E-state index in [1.165, 1.54) is 4.90 Å². The molecule has 5 heteroatoms. The normalized spacial score (nSPS) is 28.9. The van der Waals surface area contributed by atoms with E-state index in [1.807, 2.05) is 32.6 Å². The molecule has 0 N–H and O–H groups in total. The lowest BCUT2D eigenvalue weighted by atomic mass is 9.93. The molecule has 0 bridgehead atoms. The molecule has 0 aromatic heterocycles. The summed E-state index contributed by atoms with van der Waals surface area (Å²) in [6.07, 6.45) is 0.890. The molecule has 0 saturated carbocycles. The average molecular weight is 254 g/mol. The summed E-state index contributed by atoms with van der Waals surface area (Å²) in [4.78, 5) is 28.1. The minimum Gasteiger partial charge on any atom is -0.378 e. The summed E-state index contributed by atoms with van der Waals surface area (Å²) in [6, 6.07) is -0.232. The molecule has 2 fully saturated rings. The number of ether oxygens (including phenoxy) is 1. The molecule has 2 heterocycles. The fourth-order valence-electron chi connectivity index (χ4n) is 2.74. The highest BCUT2D eigenvalue weighted by Crippen LogP contribution is 2.32. The van der Waals surface area contributed by atoms with Gasteiger partial charge in [-0.3, -0.25) is 9.69 Å². The zero-order chi connectivity index (χ0) is 13.5. The Morgan fingerprint density at radius 3 is 2.50 bits per heavy atom. The molecule has 0 radical (unpaired) electrons. The highest BCUT2D eigenvalue weighted by molar-refractivity contribution is 5.99. The minimum absolute atomic E-state index is 0.0662. The van der Waals surface area contributed by atoms with Crippen molar-refractivity contribution >= 4 is 11.9 Å². The maximum absolute atomic E-state index is 12.5. The summed E-state index contributed by atoms with van der Waals surface area (Å²) in [6.45, 7) is 9.32. The van der Waals surface area contributed by atoms with Crippen LogP contribution in [-0.4, -0.2) is 53.1 Å². The van der Waals surface area contributed by atoms with Gasteiger partial charge in [-0.2, -0.15) is 0 Å². The molecule has 0 spiro atoms. The number of hydrogen-bond donors (Lipinski definition) is 0. The molecule has 0 aromatic rings. The van der Waals surface area contributed by atoms with Crippen LogP contribution in [0, 0.1) is 5.92 Å². The molecule has 0 aromatic carbocycles. The van der Waals surface area contributed by atoms with Gasteiger partial charge in [0.1, 0.15) is 0 Å². The van der Waals surface area contributed by atoms with E-state index < -0.39 is 5.54 Å². The molecular formula is C13H22N2O3. The Labute approximate surface area is 108 Å². The van der Waals surface area contributed by atoms with Crippen LogP contribution in [0.1, 0.15) is 34.1 Å². The van der Waals surface area contributed by atoms with Crippen molar-refractivity contribution in [2.75, 3.05) is 19.8 Å². The Morgan fingerprint density at radius 2 is 1.94 bits per heavy atom. The van der Waals surface area contributed by atoms with E-state index >= 15 is 0 Å². The lowest BCUT2D eigenvalue weighted by Crippen LogP contribution is -2.65. The van der Waals surface area contributed by atoms with E-state index in [0.717, 1.165) is 6.42 Å². The zero-order valence-electron chi connectivity index (χ0n) is 11.6. The molecule has 0 aliphatic carbocycles. The maximum Gasteiger partial charge on any atom is 0.327 e. The summed E-state index contributed by atoms with van der Waals surface area (Å²) in [5.41, 5.74) is -0.478. The highest BCUT2D eigenvalue weighted by atomic mass is 16.5. The smallest absolute Gasteiger partial charge is 0.327 e. The molecule has 5 nitrogen and oxygen atoms in total. The summed E-state index contributed by atoms with van der Waals surface area (Å²) < 4.78 is 5.41. The van der Waals surface area contributed by atoms with Crippen LogP contribution in [0.25, 0.3) is 0 Å². The number of imide groups is 1. The van der Waals surface area contributed by atoms with Crippen molar-refractivity contribution in [3.8, 4) is 0 Å². The molecule has 2 saturated heterocycles. The second-order valence-corrected chi connectivity index (χ2v) is 6.03. The summed E-state index contributed by atoms with van der Waals surface area (Å²) in [5.74, 6) is -0.268. The van der Waals surface area contributed by atoms with Gasteiger partial charge in [0.2, 0.25) is 5.91 Å². The molecule has 2 rings (SSSR count). The standard InChI is InChI=1S/C13H22N2O3/c1-5-6-14-10-8-18-7-9(10)11(16)15(12(14)17)13(2,3)4/h9-10H,5-8H2,1-4H3. The van der Waals surface area contributed by atoms with Crippen LogP contribution in [0.15, 0.2) is 0 Å². The minimum atomic E-state index is -0.478. The van der Waals surface area contributed by atoms with Gasteiger partial charge in [0.05, 0.1) is 25.2 Å². The Morgan fingerprint density at radius 1 is 1.28 bits per heavy atom. The number of urea groups is 1. The van der Waals surface area contributed by atoms with Gasteiger partial charge in [0, 0.05) is 12.1 Å². The second kappa shape index (κ2) is 4.53. The van der Waals surface area contributed by atoms with Gasteiger partial charge in [-0.25, -0.2) is 4.79 Å². The van der Waals surface area contributed by atoms with E-state index in [4.69, 9.17) is 4.74 Å². The van der Waals surface area contributed by atoms with Crippen molar-refractivity contribution < 1.29 is 14.3 Å². The predicted molar refractivity (Wildman–Crippen MR) is 67.1 cm³/mol. The SMILES string of the molecule is CCCN1C(=O)N(C(C)(C)C)C(=O)C2COCC21. The highest BCUT2D eigenvalue weighted by Gasteiger charge is 2.51. The Bertz CT molecular complexity index is 362. The molecule has 2 aliphatic heterocycles. The van der Waals surface area contributed by atoms with Crippen LogP contribution in [0.3, 0.4) is 0 Å². The molecule has 2 atom stereocenters. The van der Waals surface area contributed by atoms with E-state index in [0.29, 0.717) is 19.8 Å². The quantitative estimate of drug-likeness (QED) is 0.750. The Kier molecular flexibility index (Phi) is 3.36. The zero-order valence-corrected chi connectivity index (χ0v) is 11.6. The van der Waals surface area contributed by atoms with Gasteiger partial charge in [0.15, 0.2) is 0 Å². The van der Waals surface area contributed by atoms with Crippen LogP contribution in [0.5, 0.6) is 0 Å². The molecule has 2 aliphatic rings. The van der Waals surface area contributed by atoms with Gasteiger partial charge >= 0.3 is 6.03 Å². The van der Waals surface area contributed by atoms with Crippen molar-refractivity contribution in [3.05, 3.63) is 0 Å². The number of carbonyl (C=O) groups is 2. The van der Waals surface area contributed by atoms with E-state index in [2.05, 4.69) is 0 Å². The van der Waals surface area contributed by atoms with Gasteiger partial charge < -0.3 is 9.64 Å². The van der Waals surface area contributed by atoms with Gasteiger partial charge in [-0.1, -0.05) is 6.92 Å². The molecule has 3 amide bonds. The van der Waals surface area contributed by atoms with Crippen LogP contribution >= 0.6 is 0 Å². The van der Waals surface area contributed by atoms with Crippen molar-refractivity contribution in [2.24, 2.45) is 5.92 Å². The largest absolute Gasteiger partial charge is 0.378 e. The van der Waals surface area contributed by atoms with E-state index in [9.17, 15) is 9.59 Å². The van der Waals surface area contributed by atoms with Crippen molar-refractivity contribution in [1.82, 2.24) is 9.80 Å². The van der Waals surface area contributed by atoms with E-state index in [1.54, 1.807) is 0 Å². The molecule has 18 heavy (non-hydrogen) atoms. The lowest BCUT2D eigenvalue weighted by molar-refractivity contribution is -0.141. The number of rotatable bonds is 2. The third-order valence-corrected chi connectivity index (χ3v) is 3.56. The Hall–Kier alpha value is -1.10. The second-order valence-electron chi connectivity index (χ2n) is 6.03. The predicted octanol–water partition coefficient (Wildman–Crippen LogP) is 1.47. The number of fused-ring (bicyclic) bond motifs is 1. The van der Waals surface area contributed by atoms with Crippen LogP contribution in [0.4, 0.5) is 4.79 Å². The first kappa shape index (κ1) is 13.3. The van der Waals surface area contributed by atoms with Gasteiger partial charge in [0.25, 0.3) is 0 Å². The lowest BCUT2D eigenvalue weighted by Gasteiger charge is -2.46. The first-order valence-corrected chi connectivity index (χ1v) is 6.60. The first-order valence-electron chi connectivity index (χ1n) is 6.60. The number of amides is 3. The third-order valence-electron chi connectivity index (χ3n) is 3.56. The average Bonchev–Trinajstić information content (AvgIpc) is 2.71. The van der Waals surface area contributed by atoms with Gasteiger partial charge in [-0.05, 0) is 27.2 Å². The summed E-state index contributed by atoms with van der Waals surface area (Å²) in [5, 5.41) is 0. The van der Waals surface area contributed by atoms with Crippen LogP contribution < -0.4 is 0 Å².